The van der Waals surface area contributed by atoms with Gasteiger partial charge in [0.1, 0.15) is 5.01 Å². The van der Waals surface area contributed by atoms with Crippen molar-refractivity contribution in [3.63, 3.8) is 0 Å². The molecule has 0 atom stereocenters. The average molecular weight is 198 g/mol. The second-order valence-corrected chi connectivity index (χ2v) is 4.31. The maximum Gasteiger partial charge on any atom is 0.106 e. The Balaban J connectivity index is 1.65. The van der Waals surface area contributed by atoms with Crippen molar-refractivity contribution in [1.82, 2.24) is 10.3 Å². The van der Waals surface area contributed by atoms with Crippen molar-refractivity contribution in [3.05, 3.63) is 16.6 Å². The van der Waals surface area contributed by atoms with Gasteiger partial charge in [-0.15, -0.1) is 11.3 Å². The van der Waals surface area contributed by atoms with Crippen molar-refractivity contribution >= 4 is 11.3 Å². The van der Waals surface area contributed by atoms with E-state index >= 15 is 0 Å². The van der Waals surface area contributed by atoms with Gasteiger partial charge >= 0.3 is 0 Å². The number of ether oxygens (including phenoxy) is 1. The summed E-state index contributed by atoms with van der Waals surface area (Å²) in [7, 11) is 1.78. The van der Waals surface area contributed by atoms with Gasteiger partial charge in [-0.05, 0) is 12.8 Å². The standard InChI is InChI=1S/C9H14N2OS/c1-12-8-4-7(5-8)11-6-9-10-2-3-13-9/h2-3,7-8,11H,4-6H2,1H3. The highest BCUT2D eigenvalue weighted by Crippen LogP contribution is 2.22. The van der Waals surface area contributed by atoms with Gasteiger partial charge in [0.05, 0.1) is 6.10 Å². The largest absolute Gasteiger partial charge is 0.381 e. The number of nitrogens with zero attached hydrogens (tertiary/aromatic N) is 1. The fraction of sp³-hybridized carbons (Fsp3) is 0.667. The zero-order valence-corrected chi connectivity index (χ0v) is 8.51. The van der Waals surface area contributed by atoms with Crippen molar-refractivity contribution < 1.29 is 4.74 Å². The number of hydrogen-bond donors (Lipinski definition) is 1. The van der Waals surface area contributed by atoms with Gasteiger partial charge in [-0.1, -0.05) is 0 Å². The highest BCUT2D eigenvalue weighted by molar-refractivity contribution is 7.09. The molecule has 0 radical (unpaired) electrons. The summed E-state index contributed by atoms with van der Waals surface area (Å²) in [5.41, 5.74) is 0. The van der Waals surface area contributed by atoms with Crippen LogP contribution in [0, 0.1) is 0 Å². The van der Waals surface area contributed by atoms with Crippen LogP contribution in [-0.2, 0) is 11.3 Å². The van der Waals surface area contributed by atoms with Gasteiger partial charge in [-0.2, -0.15) is 0 Å². The SMILES string of the molecule is COC1CC(NCc2nccs2)C1. The molecule has 72 valence electrons. The Morgan fingerprint density at radius 2 is 2.54 bits per heavy atom. The van der Waals surface area contributed by atoms with Crippen LogP contribution >= 0.6 is 11.3 Å². The van der Waals surface area contributed by atoms with Crippen LogP contribution in [-0.4, -0.2) is 24.2 Å². The molecule has 13 heavy (non-hydrogen) atoms. The first kappa shape index (κ1) is 9.12. The Kier molecular flexibility index (Phi) is 2.93. The molecule has 0 aromatic carbocycles. The fourth-order valence-corrected chi connectivity index (χ4v) is 2.06. The molecule has 1 aromatic heterocycles. The van der Waals surface area contributed by atoms with Crippen molar-refractivity contribution in [2.24, 2.45) is 0 Å². The number of aromatic nitrogens is 1. The van der Waals surface area contributed by atoms with Crippen LogP contribution in [0.1, 0.15) is 17.8 Å². The molecular formula is C9H14N2OS. The second kappa shape index (κ2) is 4.17. The molecule has 0 spiro atoms. The molecule has 1 aliphatic rings. The maximum atomic E-state index is 5.20. The second-order valence-electron chi connectivity index (χ2n) is 3.33. The molecule has 0 unspecified atom stereocenters. The predicted molar refractivity (Wildman–Crippen MR) is 52.8 cm³/mol. The van der Waals surface area contributed by atoms with Crippen LogP contribution in [0.3, 0.4) is 0 Å². The summed E-state index contributed by atoms with van der Waals surface area (Å²) >= 11 is 1.70. The maximum absolute atomic E-state index is 5.20. The molecule has 2 rings (SSSR count). The Labute approximate surface area is 82.1 Å². The first-order chi connectivity index (χ1) is 6.38. The van der Waals surface area contributed by atoms with E-state index in [-0.39, 0.29) is 0 Å². The molecule has 0 bridgehead atoms. The normalized spacial score (nSPS) is 27.2. The Bertz CT molecular complexity index is 244. The summed E-state index contributed by atoms with van der Waals surface area (Å²) in [4.78, 5) is 4.21. The van der Waals surface area contributed by atoms with E-state index in [1.807, 2.05) is 11.6 Å². The zero-order valence-electron chi connectivity index (χ0n) is 7.69. The average Bonchev–Trinajstić information content (AvgIpc) is 2.54. The van der Waals surface area contributed by atoms with E-state index in [9.17, 15) is 0 Å². The third-order valence-electron chi connectivity index (χ3n) is 2.45. The van der Waals surface area contributed by atoms with Gasteiger partial charge in [-0.3, -0.25) is 0 Å². The zero-order chi connectivity index (χ0) is 9.10. The van der Waals surface area contributed by atoms with Crippen LogP contribution in [0.25, 0.3) is 0 Å². The van der Waals surface area contributed by atoms with E-state index in [4.69, 9.17) is 4.74 Å². The van der Waals surface area contributed by atoms with Crippen LogP contribution in [0.4, 0.5) is 0 Å². The molecule has 3 nitrogen and oxygen atoms in total. The first-order valence-corrected chi connectivity index (χ1v) is 5.41. The third-order valence-corrected chi connectivity index (χ3v) is 3.23. The lowest BCUT2D eigenvalue weighted by Gasteiger charge is -2.34. The number of thiazole rings is 1. The number of hydrogen-bond acceptors (Lipinski definition) is 4. The van der Waals surface area contributed by atoms with Gasteiger partial charge in [0, 0.05) is 31.3 Å². The van der Waals surface area contributed by atoms with E-state index < -0.39 is 0 Å². The minimum atomic E-state index is 0.480. The van der Waals surface area contributed by atoms with Crippen LogP contribution in [0.5, 0.6) is 0 Å². The molecule has 0 saturated heterocycles. The van der Waals surface area contributed by atoms with Gasteiger partial charge < -0.3 is 10.1 Å². The Hall–Kier alpha value is -0.450. The molecule has 0 amide bonds. The topological polar surface area (TPSA) is 34.1 Å². The summed E-state index contributed by atoms with van der Waals surface area (Å²) in [6.07, 6.45) is 4.61. The van der Waals surface area contributed by atoms with Crippen molar-refractivity contribution in [2.75, 3.05) is 7.11 Å². The number of rotatable bonds is 4. The molecule has 1 saturated carbocycles. The third kappa shape index (κ3) is 2.27. The quantitative estimate of drug-likeness (QED) is 0.794. The fourth-order valence-electron chi connectivity index (χ4n) is 1.50. The monoisotopic (exact) mass is 198 g/mol. The smallest absolute Gasteiger partial charge is 0.106 e. The minimum absolute atomic E-state index is 0.480. The summed E-state index contributed by atoms with van der Waals surface area (Å²) in [5, 5.41) is 6.63. The van der Waals surface area contributed by atoms with Crippen LogP contribution < -0.4 is 5.32 Å². The van der Waals surface area contributed by atoms with Crippen LogP contribution in [0.15, 0.2) is 11.6 Å². The van der Waals surface area contributed by atoms with Crippen molar-refractivity contribution in [3.8, 4) is 0 Å². The lowest BCUT2D eigenvalue weighted by atomic mass is 9.89. The van der Waals surface area contributed by atoms with Crippen LogP contribution in [0.2, 0.25) is 0 Å². The molecule has 1 aromatic rings. The molecule has 1 fully saturated rings. The lowest BCUT2D eigenvalue weighted by Crippen LogP contribution is -2.44. The molecule has 1 heterocycles. The number of methoxy groups -OCH3 is 1. The van der Waals surface area contributed by atoms with Crippen molar-refractivity contribution in [2.45, 2.75) is 31.5 Å². The van der Waals surface area contributed by atoms with E-state index in [0.29, 0.717) is 12.1 Å². The summed E-state index contributed by atoms with van der Waals surface area (Å²) in [5.74, 6) is 0. The van der Waals surface area contributed by atoms with E-state index in [1.165, 1.54) is 5.01 Å². The highest BCUT2D eigenvalue weighted by Gasteiger charge is 2.28. The summed E-state index contributed by atoms with van der Waals surface area (Å²) in [6.45, 7) is 0.902. The highest BCUT2D eigenvalue weighted by atomic mass is 32.1. The lowest BCUT2D eigenvalue weighted by molar-refractivity contribution is 0.0170. The Morgan fingerprint density at radius 1 is 1.69 bits per heavy atom. The summed E-state index contributed by atoms with van der Waals surface area (Å²) in [6, 6.07) is 0.633. The predicted octanol–water partition coefficient (Wildman–Crippen LogP) is 1.41. The van der Waals surface area contributed by atoms with E-state index in [1.54, 1.807) is 18.4 Å². The number of nitrogens with one attached hydrogen (secondary N) is 1. The van der Waals surface area contributed by atoms with E-state index in [0.717, 1.165) is 19.4 Å². The van der Waals surface area contributed by atoms with E-state index in [2.05, 4.69) is 10.3 Å². The first-order valence-electron chi connectivity index (χ1n) is 4.53. The molecule has 1 aliphatic carbocycles. The molecular weight excluding hydrogens is 184 g/mol. The summed E-state index contributed by atoms with van der Waals surface area (Å²) < 4.78 is 5.20. The molecule has 1 N–H and O–H groups in total. The van der Waals surface area contributed by atoms with Gasteiger partial charge in [0.25, 0.3) is 0 Å². The molecule has 0 aliphatic heterocycles. The van der Waals surface area contributed by atoms with Gasteiger partial charge in [0.15, 0.2) is 0 Å². The van der Waals surface area contributed by atoms with Gasteiger partial charge in [0.2, 0.25) is 0 Å². The Morgan fingerprint density at radius 3 is 3.15 bits per heavy atom. The minimum Gasteiger partial charge on any atom is -0.381 e. The van der Waals surface area contributed by atoms with Gasteiger partial charge in [-0.25, -0.2) is 4.98 Å². The van der Waals surface area contributed by atoms with Crippen molar-refractivity contribution in [1.29, 1.82) is 0 Å². The molecule has 4 heteroatoms.